The minimum Gasteiger partial charge on any atom is -0.444 e. The summed E-state index contributed by atoms with van der Waals surface area (Å²) in [5.41, 5.74) is 0.446. The van der Waals surface area contributed by atoms with Gasteiger partial charge in [-0.1, -0.05) is 23.8 Å². The molecule has 1 saturated heterocycles. The molecule has 0 bridgehead atoms. The summed E-state index contributed by atoms with van der Waals surface area (Å²) in [6, 6.07) is 5.52. The van der Waals surface area contributed by atoms with Crippen LogP contribution in [0.25, 0.3) is 11.0 Å². The molecule has 4 rings (SSSR count). The summed E-state index contributed by atoms with van der Waals surface area (Å²) in [5, 5.41) is 1.27. The van der Waals surface area contributed by atoms with Gasteiger partial charge in [-0.3, -0.25) is 0 Å². The first-order chi connectivity index (χ1) is 14.9. The summed E-state index contributed by atoms with van der Waals surface area (Å²) in [7, 11) is -3.87. The van der Waals surface area contributed by atoms with E-state index in [4.69, 9.17) is 16.3 Å². The number of carbonyl (C=O) groups is 1. The molecule has 1 fully saturated rings. The molecule has 3 heterocycles. The minimum atomic E-state index is -3.87. The van der Waals surface area contributed by atoms with E-state index in [1.807, 2.05) is 32.9 Å². The summed E-state index contributed by atoms with van der Waals surface area (Å²) < 4.78 is 33.7. The van der Waals surface area contributed by atoms with E-state index in [1.54, 1.807) is 42.3 Å². The number of pyridine rings is 1. The monoisotopic (exact) mass is 477 g/mol. The van der Waals surface area contributed by atoms with Crippen molar-refractivity contribution in [2.45, 2.75) is 56.8 Å². The Morgan fingerprint density at radius 2 is 2.09 bits per heavy atom. The van der Waals surface area contributed by atoms with Crippen LogP contribution in [0.4, 0.5) is 4.79 Å². The Balaban J connectivity index is 1.74. The number of rotatable bonds is 3. The number of allylic oxidation sites excluding steroid dienone is 3. The highest BCUT2D eigenvalue weighted by atomic mass is 35.5. The molecular formula is C23H28ClN3O4S. The second-order valence-corrected chi connectivity index (χ2v) is 12.3. The summed E-state index contributed by atoms with van der Waals surface area (Å²) in [5.74, 6) is -0.151. The smallest absolute Gasteiger partial charge is 0.410 e. The van der Waals surface area contributed by atoms with Crippen LogP contribution < -0.4 is 0 Å². The van der Waals surface area contributed by atoms with Gasteiger partial charge >= 0.3 is 6.09 Å². The molecule has 2 aromatic heterocycles. The van der Waals surface area contributed by atoms with Crippen LogP contribution >= 0.6 is 11.6 Å². The zero-order valence-corrected chi connectivity index (χ0v) is 20.3. The van der Waals surface area contributed by atoms with E-state index in [-0.39, 0.29) is 18.4 Å². The fraction of sp³-hybridized carbons (Fsp3) is 0.478. The highest BCUT2D eigenvalue weighted by molar-refractivity contribution is 7.91. The molecular weight excluding hydrogens is 450 g/mol. The highest BCUT2D eigenvalue weighted by Gasteiger charge is 2.42. The van der Waals surface area contributed by atoms with E-state index in [0.29, 0.717) is 35.9 Å². The largest absolute Gasteiger partial charge is 0.444 e. The second kappa shape index (κ2) is 7.92. The van der Waals surface area contributed by atoms with E-state index in [2.05, 4.69) is 4.98 Å². The molecule has 172 valence electrons. The second-order valence-electron chi connectivity index (χ2n) is 9.61. The van der Waals surface area contributed by atoms with E-state index in [9.17, 15) is 13.2 Å². The van der Waals surface area contributed by atoms with Crippen molar-refractivity contribution in [3.8, 4) is 0 Å². The molecule has 2 unspecified atom stereocenters. The summed E-state index contributed by atoms with van der Waals surface area (Å²) in [4.78, 5) is 18.6. The van der Waals surface area contributed by atoms with Gasteiger partial charge < -0.3 is 9.64 Å². The highest BCUT2D eigenvalue weighted by Crippen LogP contribution is 2.38. The number of carbonyl (C=O) groups excluding carboxylic acids is 1. The van der Waals surface area contributed by atoms with Crippen molar-refractivity contribution in [2.75, 3.05) is 13.1 Å². The molecule has 0 saturated carbocycles. The van der Waals surface area contributed by atoms with Crippen LogP contribution in [0.1, 0.15) is 52.1 Å². The van der Waals surface area contributed by atoms with Gasteiger partial charge in [0.2, 0.25) is 10.0 Å². The number of ether oxygens (including phenoxy) is 1. The zero-order valence-electron chi connectivity index (χ0n) is 18.7. The molecule has 1 aliphatic carbocycles. The molecule has 0 aromatic carbocycles. The normalized spacial score (nSPS) is 24.1. The lowest BCUT2D eigenvalue weighted by molar-refractivity contribution is 0.0292. The number of fused-ring (bicyclic) bond motifs is 1. The van der Waals surface area contributed by atoms with Gasteiger partial charge in [0, 0.05) is 41.3 Å². The van der Waals surface area contributed by atoms with Gasteiger partial charge in [0.25, 0.3) is 0 Å². The fourth-order valence-corrected chi connectivity index (χ4v) is 6.10. The van der Waals surface area contributed by atoms with Gasteiger partial charge in [-0.25, -0.2) is 22.2 Å². The quantitative estimate of drug-likeness (QED) is 0.635. The van der Waals surface area contributed by atoms with Gasteiger partial charge in [-0.05, 0) is 64.8 Å². The van der Waals surface area contributed by atoms with E-state index >= 15 is 0 Å². The Morgan fingerprint density at radius 1 is 1.34 bits per heavy atom. The third kappa shape index (κ3) is 4.06. The number of halogens is 1. The molecule has 2 atom stereocenters. The van der Waals surface area contributed by atoms with Gasteiger partial charge in [0.15, 0.2) is 5.65 Å². The Kier molecular flexibility index (Phi) is 5.66. The van der Waals surface area contributed by atoms with Crippen LogP contribution in [0.3, 0.4) is 0 Å². The first-order valence-electron chi connectivity index (χ1n) is 10.7. The van der Waals surface area contributed by atoms with E-state index in [1.165, 1.54) is 3.97 Å². The number of likely N-dealkylation sites (tertiary alicyclic amines) is 1. The van der Waals surface area contributed by atoms with Crippen molar-refractivity contribution in [1.82, 2.24) is 13.9 Å². The molecule has 0 N–H and O–H groups in total. The maximum absolute atomic E-state index is 14.0. The Bertz CT molecular complexity index is 1230. The molecule has 0 spiro atoms. The number of hydrogen-bond donors (Lipinski definition) is 0. The third-order valence-electron chi connectivity index (χ3n) is 5.93. The Labute approximate surface area is 193 Å². The lowest BCUT2D eigenvalue weighted by Crippen LogP contribution is -2.39. The predicted octanol–water partition coefficient (Wildman–Crippen LogP) is 4.78. The molecule has 2 aromatic rings. The van der Waals surface area contributed by atoms with Crippen molar-refractivity contribution >= 4 is 38.8 Å². The lowest BCUT2D eigenvalue weighted by Gasteiger charge is -2.29. The SMILES string of the molecule is CC(C)(C)OC(=O)N1CCC(c2cc3cccnc3n2S(=O)(=O)C2(C)C=CC(Cl)=CC2)C1. The third-order valence-corrected chi connectivity index (χ3v) is 8.56. The number of nitrogens with zero attached hydrogens (tertiary/aromatic N) is 3. The zero-order chi connectivity index (χ0) is 23.3. The Morgan fingerprint density at radius 3 is 2.75 bits per heavy atom. The van der Waals surface area contributed by atoms with Crippen molar-refractivity contribution in [1.29, 1.82) is 0 Å². The standard InChI is InChI=1S/C23H28ClN3O4S/c1-22(2,3)31-21(28)26-13-9-17(15-26)19-14-16-6-5-12-25-20(16)27(19)32(29,30)23(4)10-7-18(24)8-11-23/h5-8,10,12,14,17H,9,11,13,15H2,1-4H3. The number of hydrogen-bond acceptors (Lipinski definition) is 5. The number of amides is 1. The van der Waals surface area contributed by atoms with Crippen molar-refractivity contribution < 1.29 is 17.9 Å². The lowest BCUT2D eigenvalue weighted by atomic mass is 10.0. The van der Waals surface area contributed by atoms with Crippen LogP contribution in [0, 0.1) is 0 Å². The molecule has 7 nitrogen and oxygen atoms in total. The summed E-state index contributed by atoms with van der Waals surface area (Å²) in [6.07, 6.45) is 7.11. The molecule has 0 radical (unpaired) electrons. The average molecular weight is 478 g/mol. The fourth-order valence-electron chi connectivity index (χ4n) is 4.15. The van der Waals surface area contributed by atoms with Gasteiger partial charge in [-0.2, -0.15) is 0 Å². The molecule has 1 aliphatic heterocycles. The van der Waals surface area contributed by atoms with Gasteiger partial charge in [-0.15, -0.1) is 0 Å². The topological polar surface area (TPSA) is 81.5 Å². The van der Waals surface area contributed by atoms with Crippen LogP contribution in [0.5, 0.6) is 0 Å². The Hall–Kier alpha value is -2.32. The van der Waals surface area contributed by atoms with Crippen LogP contribution in [-0.4, -0.2) is 51.8 Å². The van der Waals surface area contributed by atoms with Crippen molar-refractivity contribution in [2.24, 2.45) is 0 Å². The summed E-state index contributed by atoms with van der Waals surface area (Å²) >= 11 is 6.05. The maximum atomic E-state index is 14.0. The minimum absolute atomic E-state index is 0.151. The van der Waals surface area contributed by atoms with E-state index < -0.39 is 20.4 Å². The van der Waals surface area contributed by atoms with Gasteiger partial charge in [0.1, 0.15) is 10.3 Å². The predicted molar refractivity (Wildman–Crippen MR) is 125 cm³/mol. The van der Waals surface area contributed by atoms with Crippen LogP contribution in [0.2, 0.25) is 0 Å². The van der Waals surface area contributed by atoms with Gasteiger partial charge in [0.05, 0.1) is 0 Å². The molecule has 2 aliphatic rings. The first-order valence-corrected chi connectivity index (χ1v) is 12.5. The maximum Gasteiger partial charge on any atom is 0.410 e. The van der Waals surface area contributed by atoms with E-state index in [0.717, 1.165) is 5.39 Å². The average Bonchev–Trinajstić information content (AvgIpc) is 3.33. The number of aromatic nitrogens is 2. The van der Waals surface area contributed by atoms with Crippen LogP contribution in [0.15, 0.2) is 47.7 Å². The van der Waals surface area contributed by atoms with Crippen LogP contribution in [-0.2, 0) is 14.8 Å². The first kappa shape index (κ1) is 22.9. The van der Waals surface area contributed by atoms with Crippen molar-refractivity contribution in [3.05, 3.63) is 53.4 Å². The molecule has 9 heteroatoms. The van der Waals surface area contributed by atoms with Crippen molar-refractivity contribution in [3.63, 3.8) is 0 Å². The molecule has 1 amide bonds. The summed E-state index contributed by atoms with van der Waals surface area (Å²) in [6.45, 7) is 8.07. The molecule has 32 heavy (non-hydrogen) atoms.